The lowest BCUT2D eigenvalue weighted by Gasteiger charge is -2.20. The second-order valence-electron chi connectivity index (χ2n) is 3.68. The van der Waals surface area contributed by atoms with Crippen molar-refractivity contribution in [2.24, 2.45) is 5.84 Å². The molecule has 0 amide bonds. The van der Waals surface area contributed by atoms with E-state index in [0.29, 0.717) is 13.2 Å². The topological polar surface area (TPSA) is 47.3 Å². The molecule has 0 aliphatic heterocycles. The molecule has 0 aliphatic rings. The summed E-state index contributed by atoms with van der Waals surface area (Å²) in [7, 11) is 0. The Morgan fingerprint density at radius 2 is 1.93 bits per heavy atom. The molecule has 0 fully saturated rings. The predicted octanol–water partition coefficient (Wildman–Crippen LogP) is 1.84. The molecule has 0 heterocycles. The number of aryl methyl sites for hydroxylation is 2. The van der Waals surface area contributed by atoms with E-state index < -0.39 is 0 Å². The van der Waals surface area contributed by atoms with Crippen molar-refractivity contribution in [3.05, 3.63) is 34.9 Å². The second-order valence-corrected chi connectivity index (χ2v) is 3.68. The zero-order chi connectivity index (χ0) is 11.3. The Balaban J connectivity index is 2.90. The van der Waals surface area contributed by atoms with Crippen LogP contribution in [-0.2, 0) is 4.74 Å². The highest BCUT2D eigenvalue weighted by molar-refractivity contribution is 5.36. The fourth-order valence-corrected chi connectivity index (χ4v) is 1.83. The summed E-state index contributed by atoms with van der Waals surface area (Å²) in [5.41, 5.74) is 6.55. The Hall–Kier alpha value is -0.900. The van der Waals surface area contributed by atoms with E-state index in [2.05, 4.69) is 37.5 Å². The summed E-state index contributed by atoms with van der Waals surface area (Å²) in [5, 5.41) is 0. The van der Waals surface area contributed by atoms with Crippen molar-refractivity contribution in [3.63, 3.8) is 0 Å². The Labute approximate surface area is 91.6 Å². The Bertz CT molecular complexity index is 292. The van der Waals surface area contributed by atoms with E-state index in [1.54, 1.807) is 0 Å². The van der Waals surface area contributed by atoms with Gasteiger partial charge in [-0.2, -0.15) is 0 Å². The Morgan fingerprint density at radius 1 is 1.33 bits per heavy atom. The third kappa shape index (κ3) is 3.02. The normalized spacial score (nSPS) is 12.8. The standard InChI is InChI=1S/C12H20N2O/c1-4-15-8-11(14-13)12-9(2)6-5-7-10(12)3/h5-7,11,14H,4,8,13H2,1-3H3. The third-order valence-corrected chi connectivity index (χ3v) is 2.58. The minimum Gasteiger partial charge on any atom is -0.380 e. The smallest absolute Gasteiger partial charge is 0.0699 e. The molecule has 0 bridgehead atoms. The van der Waals surface area contributed by atoms with Crippen LogP contribution in [0.25, 0.3) is 0 Å². The summed E-state index contributed by atoms with van der Waals surface area (Å²) in [6.45, 7) is 7.50. The molecule has 3 N–H and O–H groups in total. The molecule has 15 heavy (non-hydrogen) atoms. The van der Waals surface area contributed by atoms with Gasteiger partial charge >= 0.3 is 0 Å². The molecule has 1 aromatic carbocycles. The lowest BCUT2D eigenvalue weighted by molar-refractivity contribution is 0.123. The summed E-state index contributed by atoms with van der Waals surface area (Å²) < 4.78 is 5.41. The number of rotatable bonds is 5. The number of nitrogens with two attached hydrogens (primary N) is 1. The molecule has 3 heteroatoms. The number of benzene rings is 1. The fourth-order valence-electron chi connectivity index (χ4n) is 1.83. The monoisotopic (exact) mass is 208 g/mol. The maximum absolute atomic E-state index is 5.55. The second kappa shape index (κ2) is 5.85. The van der Waals surface area contributed by atoms with Gasteiger partial charge in [0.15, 0.2) is 0 Å². The van der Waals surface area contributed by atoms with Crippen LogP contribution in [-0.4, -0.2) is 13.2 Å². The number of hydrazine groups is 1. The predicted molar refractivity (Wildman–Crippen MR) is 62.5 cm³/mol. The van der Waals surface area contributed by atoms with Gasteiger partial charge in [-0.1, -0.05) is 18.2 Å². The lowest BCUT2D eigenvalue weighted by Crippen LogP contribution is -2.32. The van der Waals surface area contributed by atoms with Gasteiger partial charge < -0.3 is 4.74 Å². The molecule has 1 atom stereocenters. The van der Waals surface area contributed by atoms with Gasteiger partial charge in [-0.3, -0.25) is 11.3 Å². The van der Waals surface area contributed by atoms with E-state index in [9.17, 15) is 0 Å². The van der Waals surface area contributed by atoms with Crippen molar-refractivity contribution in [1.29, 1.82) is 0 Å². The molecule has 0 aromatic heterocycles. The van der Waals surface area contributed by atoms with E-state index in [-0.39, 0.29) is 6.04 Å². The van der Waals surface area contributed by atoms with Crippen molar-refractivity contribution in [1.82, 2.24) is 5.43 Å². The molecule has 1 aromatic rings. The highest BCUT2D eigenvalue weighted by Crippen LogP contribution is 2.21. The summed E-state index contributed by atoms with van der Waals surface area (Å²) in [6.07, 6.45) is 0. The van der Waals surface area contributed by atoms with Crippen LogP contribution >= 0.6 is 0 Å². The molecule has 0 saturated carbocycles. The Morgan fingerprint density at radius 3 is 2.40 bits per heavy atom. The summed E-state index contributed by atoms with van der Waals surface area (Å²) >= 11 is 0. The van der Waals surface area contributed by atoms with Crippen molar-refractivity contribution < 1.29 is 4.74 Å². The SMILES string of the molecule is CCOCC(NN)c1c(C)cccc1C. The fraction of sp³-hybridized carbons (Fsp3) is 0.500. The molecule has 1 rings (SSSR count). The van der Waals surface area contributed by atoms with Crippen molar-refractivity contribution in [2.45, 2.75) is 26.8 Å². The first kappa shape index (κ1) is 12.2. The first-order valence-electron chi connectivity index (χ1n) is 5.30. The van der Waals surface area contributed by atoms with Crippen LogP contribution < -0.4 is 11.3 Å². The van der Waals surface area contributed by atoms with Gasteiger partial charge in [0, 0.05) is 6.61 Å². The van der Waals surface area contributed by atoms with Crippen LogP contribution in [0.3, 0.4) is 0 Å². The molecule has 0 spiro atoms. The van der Waals surface area contributed by atoms with Crippen molar-refractivity contribution in [3.8, 4) is 0 Å². The van der Waals surface area contributed by atoms with Gasteiger partial charge in [-0.25, -0.2) is 0 Å². The average molecular weight is 208 g/mol. The molecule has 0 aliphatic carbocycles. The molecule has 1 unspecified atom stereocenters. The first-order chi connectivity index (χ1) is 7.20. The maximum atomic E-state index is 5.55. The van der Waals surface area contributed by atoms with E-state index >= 15 is 0 Å². The third-order valence-electron chi connectivity index (χ3n) is 2.58. The quantitative estimate of drug-likeness (QED) is 0.573. The minimum atomic E-state index is 0.0751. The highest BCUT2D eigenvalue weighted by Gasteiger charge is 2.14. The van der Waals surface area contributed by atoms with Gasteiger partial charge in [0.2, 0.25) is 0 Å². The van der Waals surface area contributed by atoms with Crippen molar-refractivity contribution in [2.75, 3.05) is 13.2 Å². The molecule has 3 nitrogen and oxygen atoms in total. The van der Waals surface area contributed by atoms with Gasteiger partial charge in [0.1, 0.15) is 0 Å². The van der Waals surface area contributed by atoms with Gasteiger partial charge in [-0.15, -0.1) is 0 Å². The summed E-state index contributed by atoms with van der Waals surface area (Å²) in [5.74, 6) is 5.55. The average Bonchev–Trinajstić information content (AvgIpc) is 2.22. The van der Waals surface area contributed by atoms with E-state index in [4.69, 9.17) is 10.6 Å². The molecular formula is C12H20N2O. The van der Waals surface area contributed by atoms with Crippen LogP contribution in [0.5, 0.6) is 0 Å². The lowest BCUT2D eigenvalue weighted by atomic mass is 9.97. The summed E-state index contributed by atoms with van der Waals surface area (Å²) in [6, 6.07) is 6.32. The van der Waals surface area contributed by atoms with E-state index in [1.807, 2.05) is 6.92 Å². The summed E-state index contributed by atoms with van der Waals surface area (Å²) in [4.78, 5) is 0. The number of nitrogens with one attached hydrogen (secondary N) is 1. The van der Waals surface area contributed by atoms with Crippen LogP contribution in [0.4, 0.5) is 0 Å². The largest absolute Gasteiger partial charge is 0.380 e. The first-order valence-corrected chi connectivity index (χ1v) is 5.30. The zero-order valence-corrected chi connectivity index (χ0v) is 9.71. The van der Waals surface area contributed by atoms with E-state index in [0.717, 1.165) is 0 Å². The molecule has 84 valence electrons. The number of hydrogen-bond acceptors (Lipinski definition) is 3. The molecule has 0 saturated heterocycles. The molecule has 0 radical (unpaired) electrons. The van der Waals surface area contributed by atoms with Gasteiger partial charge in [0.25, 0.3) is 0 Å². The number of hydrogen-bond donors (Lipinski definition) is 2. The van der Waals surface area contributed by atoms with Crippen LogP contribution in [0.1, 0.15) is 29.7 Å². The highest BCUT2D eigenvalue weighted by atomic mass is 16.5. The zero-order valence-electron chi connectivity index (χ0n) is 9.71. The van der Waals surface area contributed by atoms with E-state index in [1.165, 1.54) is 16.7 Å². The Kier molecular flexibility index (Phi) is 4.75. The van der Waals surface area contributed by atoms with Crippen LogP contribution in [0.2, 0.25) is 0 Å². The van der Waals surface area contributed by atoms with Gasteiger partial charge in [0.05, 0.1) is 12.6 Å². The maximum Gasteiger partial charge on any atom is 0.0699 e. The minimum absolute atomic E-state index is 0.0751. The van der Waals surface area contributed by atoms with Crippen LogP contribution in [0, 0.1) is 13.8 Å². The molecular weight excluding hydrogens is 188 g/mol. The van der Waals surface area contributed by atoms with Crippen LogP contribution in [0.15, 0.2) is 18.2 Å². The van der Waals surface area contributed by atoms with Crippen molar-refractivity contribution >= 4 is 0 Å². The number of ether oxygens (including phenoxy) is 1. The van der Waals surface area contributed by atoms with Gasteiger partial charge in [-0.05, 0) is 37.5 Å².